The molecule has 17 heteroatoms. The van der Waals surface area contributed by atoms with Crippen molar-refractivity contribution in [2.24, 2.45) is 20.0 Å². The monoisotopic (exact) mass is 769 g/mol. The van der Waals surface area contributed by atoms with E-state index in [1.54, 1.807) is 0 Å². The molecule has 0 aliphatic heterocycles. The summed E-state index contributed by atoms with van der Waals surface area (Å²) >= 11 is 0. The predicted molar refractivity (Wildman–Crippen MR) is 156 cm³/mol. The molecule has 0 amide bonds. The van der Waals surface area contributed by atoms with Crippen molar-refractivity contribution in [1.29, 1.82) is 0 Å². The molecule has 0 saturated heterocycles. The van der Waals surface area contributed by atoms with Crippen molar-refractivity contribution in [2.75, 3.05) is 26.2 Å². The summed E-state index contributed by atoms with van der Waals surface area (Å²) in [6.07, 6.45) is 39.9. The van der Waals surface area contributed by atoms with Gasteiger partial charge in [0, 0.05) is 48.5 Å². The zero-order valence-electron chi connectivity index (χ0n) is 23.4. The van der Waals surface area contributed by atoms with Crippen molar-refractivity contribution >= 4 is 39.4 Å². The fourth-order valence-electron chi connectivity index (χ4n) is 2.81. The third-order valence-electron chi connectivity index (χ3n) is 4.43. The maximum atomic E-state index is 9.75. The van der Waals surface area contributed by atoms with E-state index in [1.165, 1.54) is 0 Å². The Balaban J connectivity index is -0.000000576. The van der Waals surface area contributed by atoms with Crippen LogP contribution in [0.2, 0.25) is 0 Å². The Hall–Kier alpha value is -0.192. The van der Waals surface area contributed by atoms with Gasteiger partial charge in [0.25, 0.3) is 0 Å². The molecule has 0 atom stereocenters. The standard InChI is InChI=1S/2C14H14N2.2BF4.Cu.2Fe/c2*1-2-6-13(5-1)11-15-9-10-16-12-14-7-3-4-8-14;2*2-1(3,4)5;;;/h2*1-8,11-12H,9-10H2;;;;;/q;;2*-1;3*+2. The summed E-state index contributed by atoms with van der Waals surface area (Å²) in [5.74, 6) is 4.61. The fourth-order valence-corrected chi connectivity index (χ4v) is 2.81. The maximum absolute atomic E-state index is 9.75. The van der Waals surface area contributed by atoms with Gasteiger partial charge in [-0.15, -0.1) is 0 Å². The van der Waals surface area contributed by atoms with Gasteiger partial charge in [-0.2, -0.15) is 0 Å². The normalized spacial score (nSPS) is 19.9. The SMILES string of the molecule is F[B-](F)(F)F.F[B-](F)(F)F.[CH]1[CH][CH][C](C=NCCN=C[C]2[CH][CH][CH][CH]2)[CH]1.[CH]1[CH][CH][C](C=NCCN=C[C]2[CH][CH][CH][CH]2)[CH]1.[Cu+2].[Fe+2].[Fe+2]. The largest absolute Gasteiger partial charge is 2.00 e. The van der Waals surface area contributed by atoms with Crippen LogP contribution in [0.1, 0.15) is 0 Å². The molecule has 4 nitrogen and oxygen atoms in total. The van der Waals surface area contributed by atoms with Gasteiger partial charge >= 0.3 is 65.7 Å². The first kappa shape index (κ1) is 49.2. The molecule has 4 aliphatic carbocycles. The van der Waals surface area contributed by atoms with Gasteiger partial charge in [-0.25, -0.2) is 0 Å². The summed E-state index contributed by atoms with van der Waals surface area (Å²) in [7, 11) is -12.0. The summed E-state index contributed by atoms with van der Waals surface area (Å²) < 4.78 is 78.0. The van der Waals surface area contributed by atoms with E-state index in [0.29, 0.717) is 0 Å². The van der Waals surface area contributed by atoms with E-state index in [4.69, 9.17) is 0 Å². The second-order valence-electron chi connectivity index (χ2n) is 8.00. The van der Waals surface area contributed by atoms with E-state index in [-0.39, 0.29) is 51.2 Å². The Morgan fingerprint density at radius 2 is 0.511 bits per heavy atom. The van der Waals surface area contributed by atoms with Gasteiger partial charge in [-0.1, -0.05) is 0 Å². The molecule has 4 fully saturated rings. The third kappa shape index (κ3) is 36.5. The van der Waals surface area contributed by atoms with Crippen LogP contribution in [0.15, 0.2) is 20.0 Å². The van der Waals surface area contributed by atoms with Gasteiger partial charge in [-0.05, 0) is 103 Å². The minimum Gasteiger partial charge on any atom is -0.418 e. The molecule has 0 aromatic carbocycles. The molecular formula is C28H28B2CuF8Fe2N4+4. The first-order chi connectivity index (χ1) is 19.9. The van der Waals surface area contributed by atoms with Gasteiger partial charge in [0.05, 0.1) is 26.2 Å². The molecule has 45 heavy (non-hydrogen) atoms. The summed E-state index contributed by atoms with van der Waals surface area (Å²) in [5.41, 5.74) is 0. The van der Waals surface area contributed by atoms with Gasteiger partial charge in [-0.3, -0.25) is 20.0 Å². The molecule has 0 unspecified atom stereocenters. The molecule has 0 N–H and O–H groups in total. The predicted octanol–water partition coefficient (Wildman–Crippen LogP) is 6.47. The number of halogens is 8. The Morgan fingerprint density at radius 1 is 0.378 bits per heavy atom. The van der Waals surface area contributed by atoms with Gasteiger partial charge in [0.15, 0.2) is 0 Å². The van der Waals surface area contributed by atoms with Crippen molar-refractivity contribution in [2.45, 2.75) is 0 Å². The Bertz CT molecular complexity index is 658. The van der Waals surface area contributed by atoms with Gasteiger partial charge < -0.3 is 34.5 Å². The summed E-state index contributed by atoms with van der Waals surface area (Å²) in [6.45, 7) is 2.95. The molecule has 0 spiro atoms. The maximum Gasteiger partial charge on any atom is 2.00 e. The van der Waals surface area contributed by atoms with E-state index in [1.807, 2.05) is 128 Å². The molecule has 0 heterocycles. The third-order valence-corrected chi connectivity index (χ3v) is 4.43. The van der Waals surface area contributed by atoms with E-state index in [0.717, 1.165) is 49.9 Å². The summed E-state index contributed by atoms with van der Waals surface area (Å²) in [4.78, 5) is 17.2. The summed E-state index contributed by atoms with van der Waals surface area (Å²) in [5, 5.41) is 0. The smallest absolute Gasteiger partial charge is 0.418 e. The molecule has 4 saturated carbocycles. The van der Waals surface area contributed by atoms with Crippen LogP contribution in [0.25, 0.3) is 0 Å². The Kier molecular flexibility index (Phi) is 32.7. The number of hydrogen-bond acceptors (Lipinski definition) is 4. The zero-order chi connectivity index (χ0) is 31.1. The number of nitrogens with zero attached hydrogens (tertiary/aromatic N) is 4. The number of rotatable bonds is 10. The average Bonchev–Trinajstić information content (AvgIpc) is 3.71. The zero-order valence-corrected chi connectivity index (χ0v) is 26.5. The minimum absolute atomic E-state index is 0. The quantitative estimate of drug-likeness (QED) is 0.106. The van der Waals surface area contributed by atoms with E-state index >= 15 is 0 Å². The average molecular weight is 769 g/mol. The molecule has 245 valence electrons. The molecule has 0 aromatic heterocycles. The van der Waals surface area contributed by atoms with E-state index in [9.17, 15) is 34.5 Å². The molecule has 0 aromatic rings. The molecule has 21 radical (unpaired) electrons. The topological polar surface area (TPSA) is 49.4 Å². The summed E-state index contributed by atoms with van der Waals surface area (Å²) in [6, 6.07) is 0. The van der Waals surface area contributed by atoms with E-state index < -0.39 is 14.5 Å². The van der Waals surface area contributed by atoms with Crippen LogP contribution in [0, 0.1) is 126 Å². The first-order valence-electron chi connectivity index (χ1n) is 12.5. The second-order valence-corrected chi connectivity index (χ2v) is 8.00. The van der Waals surface area contributed by atoms with Crippen LogP contribution in [-0.2, 0) is 51.2 Å². The molecule has 4 rings (SSSR count). The van der Waals surface area contributed by atoms with Crippen molar-refractivity contribution in [1.82, 2.24) is 0 Å². The van der Waals surface area contributed by atoms with Crippen molar-refractivity contribution < 1.29 is 85.7 Å². The Morgan fingerprint density at radius 3 is 0.644 bits per heavy atom. The van der Waals surface area contributed by atoms with Crippen molar-refractivity contribution in [3.8, 4) is 0 Å². The number of hydrogen-bond donors (Lipinski definition) is 0. The van der Waals surface area contributed by atoms with E-state index in [2.05, 4.69) is 20.0 Å². The molecular weight excluding hydrogens is 741 g/mol. The van der Waals surface area contributed by atoms with Crippen molar-refractivity contribution in [3.05, 3.63) is 126 Å². The van der Waals surface area contributed by atoms with Crippen LogP contribution in [0.3, 0.4) is 0 Å². The van der Waals surface area contributed by atoms with Crippen LogP contribution >= 0.6 is 0 Å². The molecule has 4 aliphatic rings. The first-order valence-corrected chi connectivity index (χ1v) is 12.5. The van der Waals surface area contributed by atoms with Crippen LogP contribution < -0.4 is 0 Å². The van der Waals surface area contributed by atoms with Crippen LogP contribution in [-0.4, -0.2) is 65.5 Å². The van der Waals surface area contributed by atoms with Crippen LogP contribution in [0.4, 0.5) is 34.5 Å². The minimum atomic E-state index is -6.00. The van der Waals surface area contributed by atoms with Gasteiger partial charge in [0.1, 0.15) is 0 Å². The second kappa shape index (κ2) is 29.9. The van der Waals surface area contributed by atoms with Crippen LogP contribution in [0.5, 0.6) is 0 Å². The van der Waals surface area contributed by atoms with Gasteiger partial charge in [0.2, 0.25) is 0 Å². The number of aliphatic imine (C=N–C) groups is 4. The van der Waals surface area contributed by atoms with Crippen molar-refractivity contribution in [3.63, 3.8) is 0 Å². The Labute approximate surface area is 296 Å². The molecule has 0 bridgehead atoms. The fraction of sp³-hybridized carbons (Fsp3) is 0.143.